The minimum absolute atomic E-state index is 0.202. The molecule has 2 fully saturated rings. The van der Waals surface area contributed by atoms with Crippen LogP contribution in [0.2, 0.25) is 0 Å². The van der Waals surface area contributed by atoms with E-state index in [0.717, 1.165) is 24.3 Å². The van der Waals surface area contributed by atoms with Gasteiger partial charge in [-0.3, -0.25) is 0 Å². The number of hydrogen-bond donors (Lipinski definition) is 2. The summed E-state index contributed by atoms with van der Waals surface area (Å²) in [5.41, 5.74) is 6.11. The Morgan fingerprint density at radius 2 is 2.07 bits per heavy atom. The van der Waals surface area contributed by atoms with Gasteiger partial charge in [0.1, 0.15) is 0 Å². The van der Waals surface area contributed by atoms with Crippen molar-refractivity contribution in [3.63, 3.8) is 0 Å². The van der Waals surface area contributed by atoms with Gasteiger partial charge in [0.05, 0.1) is 0 Å². The zero-order chi connectivity index (χ0) is 10.9. The molecule has 3 N–H and O–H groups in total. The molecule has 0 radical (unpaired) electrons. The Morgan fingerprint density at radius 3 is 2.47 bits per heavy atom. The molecule has 0 heterocycles. The maximum Gasteiger partial charge on any atom is 0.0278 e. The first-order valence-corrected chi connectivity index (χ1v) is 6.58. The second kappa shape index (κ2) is 4.42. The fourth-order valence-corrected chi connectivity index (χ4v) is 2.62. The fourth-order valence-electron chi connectivity index (χ4n) is 2.62. The average molecular weight is 210 g/mol. The minimum atomic E-state index is 0.202. The van der Waals surface area contributed by atoms with Crippen LogP contribution in [0.25, 0.3) is 0 Å². The van der Waals surface area contributed by atoms with Crippen molar-refractivity contribution in [1.29, 1.82) is 0 Å². The topological polar surface area (TPSA) is 38.0 Å². The molecule has 0 bridgehead atoms. The molecule has 2 rings (SSSR count). The molecule has 0 aliphatic heterocycles. The van der Waals surface area contributed by atoms with Gasteiger partial charge in [0.2, 0.25) is 0 Å². The second-order valence-electron chi connectivity index (χ2n) is 6.12. The van der Waals surface area contributed by atoms with Crippen LogP contribution in [0.15, 0.2) is 0 Å². The number of nitrogens with one attached hydrogen (secondary N) is 1. The van der Waals surface area contributed by atoms with Gasteiger partial charge in [-0.15, -0.1) is 0 Å². The van der Waals surface area contributed by atoms with Gasteiger partial charge < -0.3 is 11.1 Å². The molecule has 2 nitrogen and oxygen atoms in total. The first-order valence-electron chi connectivity index (χ1n) is 6.58. The summed E-state index contributed by atoms with van der Waals surface area (Å²) in [7, 11) is 0. The van der Waals surface area contributed by atoms with E-state index in [1.54, 1.807) is 0 Å². The molecule has 0 aromatic carbocycles. The van der Waals surface area contributed by atoms with Crippen molar-refractivity contribution >= 4 is 0 Å². The van der Waals surface area contributed by atoms with Gasteiger partial charge >= 0.3 is 0 Å². The molecule has 3 unspecified atom stereocenters. The molecular formula is C13H26N2. The maximum absolute atomic E-state index is 5.91. The first kappa shape index (κ1) is 11.4. The van der Waals surface area contributed by atoms with Gasteiger partial charge in [-0.2, -0.15) is 0 Å². The van der Waals surface area contributed by atoms with Crippen molar-refractivity contribution in [2.75, 3.05) is 13.1 Å². The molecule has 0 amide bonds. The van der Waals surface area contributed by atoms with E-state index in [4.69, 9.17) is 5.73 Å². The average Bonchev–Trinajstić information content (AvgIpc) is 2.86. The predicted molar refractivity (Wildman–Crippen MR) is 64.7 cm³/mol. The second-order valence-corrected chi connectivity index (χ2v) is 6.12. The predicted octanol–water partition coefficient (Wildman–Crippen LogP) is 2.14. The van der Waals surface area contributed by atoms with Gasteiger partial charge in [0.25, 0.3) is 0 Å². The lowest BCUT2D eigenvalue weighted by Crippen LogP contribution is -2.51. The van der Waals surface area contributed by atoms with E-state index in [9.17, 15) is 0 Å². The van der Waals surface area contributed by atoms with Gasteiger partial charge in [0.15, 0.2) is 0 Å². The van der Waals surface area contributed by atoms with Crippen molar-refractivity contribution in [2.24, 2.45) is 23.5 Å². The van der Waals surface area contributed by atoms with Gasteiger partial charge in [-0.05, 0) is 44.1 Å². The molecule has 3 atom stereocenters. The third-order valence-corrected chi connectivity index (χ3v) is 4.48. The van der Waals surface area contributed by atoms with E-state index in [1.807, 2.05) is 0 Å². The quantitative estimate of drug-likeness (QED) is 0.705. The van der Waals surface area contributed by atoms with Crippen LogP contribution in [0.1, 0.15) is 46.0 Å². The third kappa shape index (κ3) is 2.94. The smallest absolute Gasteiger partial charge is 0.0278 e. The Labute approximate surface area is 94.0 Å². The zero-order valence-electron chi connectivity index (χ0n) is 10.3. The lowest BCUT2D eigenvalue weighted by Gasteiger charge is -2.37. The molecule has 0 aromatic heterocycles. The Kier molecular flexibility index (Phi) is 3.36. The summed E-state index contributed by atoms with van der Waals surface area (Å²) in [6.45, 7) is 6.61. The summed E-state index contributed by atoms with van der Waals surface area (Å²) < 4.78 is 0. The molecule has 0 saturated heterocycles. The molecular weight excluding hydrogens is 184 g/mol. The van der Waals surface area contributed by atoms with E-state index in [1.165, 1.54) is 38.6 Å². The summed E-state index contributed by atoms with van der Waals surface area (Å²) in [6, 6.07) is 0. The normalized spacial score (nSPS) is 34.6. The summed E-state index contributed by atoms with van der Waals surface area (Å²) in [4.78, 5) is 0. The molecule has 2 aliphatic carbocycles. The standard InChI is InChI=1S/C13H26N2/c1-10-6-12(10)8-15-13(2,9-14)7-11-4-3-5-11/h10-12,15H,3-9,14H2,1-2H3. The van der Waals surface area contributed by atoms with Crippen molar-refractivity contribution in [2.45, 2.75) is 51.5 Å². The molecule has 2 saturated carbocycles. The largest absolute Gasteiger partial charge is 0.329 e. The Morgan fingerprint density at radius 1 is 1.40 bits per heavy atom. The van der Waals surface area contributed by atoms with Crippen LogP contribution in [0.3, 0.4) is 0 Å². The van der Waals surface area contributed by atoms with Crippen LogP contribution in [0.5, 0.6) is 0 Å². The summed E-state index contributed by atoms with van der Waals surface area (Å²) in [5.74, 6) is 2.82. The van der Waals surface area contributed by atoms with Crippen molar-refractivity contribution < 1.29 is 0 Å². The maximum atomic E-state index is 5.91. The Balaban J connectivity index is 1.72. The molecule has 15 heavy (non-hydrogen) atoms. The highest BCUT2D eigenvalue weighted by Crippen LogP contribution is 2.38. The van der Waals surface area contributed by atoms with E-state index < -0.39 is 0 Å². The fraction of sp³-hybridized carbons (Fsp3) is 1.00. The van der Waals surface area contributed by atoms with Crippen molar-refractivity contribution in [3.05, 3.63) is 0 Å². The van der Waals surface area contributed by atoms with Gasteiger partial charge in [-0.25, -0.2) is 0 Å². The van der Waals surface area contributed by atoms with E-state index in [2.05, 4.69) is 19.2 Å². The molecule has 88 valence electrons. The minimum Gasteiger partial charge on any atom is -0.329 e. The lowest BCUT2D eigenvalue weighted by atomic mass is 9.76. The molecule has 2 heteroatoms. The molecule has 0 aromatic rings. The van der Waals surface area contributed by atoms with Crippen LogP contribution in [0, 0.1) is 17.8 Å². The zero-order valence-corrected chi connectivity index (χ0v) is 10.3. The SMILES string of the molecule is CC1CC1CNC(C)(CN)CC1CCC1. The highest BCUT2D eigenvalue weighted by Gasteiger charge is 2.35. The van der Waals surface area contributed by atoms with Gasteiger partial charge in [0, 0.05) is 12.1 Å². The third-order valence-electron chi connectivity index (χ3n) is 4.48. The van der Waals surface area contributed by atoms with Crippen LogP contribution in [-0.4, -0.2) is 18.6 Å². The summed E-state index contributed by atoms with van der Waals surface area (Å²) in [5, 5.41) is 3.71. The summed E-state index contributed by atoms with van der Waals surface area (Å²) in [6.07, 6.45) is 6.99. The number of hydrogen-bond acceptors (Lipinski definition) is 2. The number of rotatable bonds is 6. The van der Waals surface area contributed by atoms with Crippen LogP contribution in [0.4, 0.5) is 0 Å². The van der Waals surface area contributed by atoms with Gasteiger partial charge in [-0.1, -0.05) is 26.2 Å². The lowest BCUT2D eigenvalue weighted by molar-refractivity contribution is 0.206. The van der Waals surface area contributed by atoms with Crippen LogP contribution >= 0.6 is 0 Å². The van der Waals surface area contributed by atoms with Crippen molar-refractivity contribution in [3.8, 4) is 0 Å². The Bertz CT molecular complexity index is 213. The van der Waals surface area contributed by atoms with E-state index >= 15 is 0 Å². The Hall–Kier alpha value is -0.0800. The van der Waals surface area contributed by atoms with E-state index in [-0.39, 0.29) is 5.54 Å². The highest BCUT2D eigenvalue weighted by molar-refractivity contribution is 4.92. The van der Waals surface area contributed by atoms with Crippen LogP contribution < -0.4 is 11.1 Å². The summed E-state index contributed by atoms with van der Waals surface area (Å²) >= 11 is 0. The first-order chi connectivity index (χ1) is 7.13. The molecule has 2 aliphatic rings. The van der Waals surface area contributed by atoms with E-state index in [0.29, 0.717) is 0 Å². The molecule has 0 spiro atoms. The monoisotopic (exact) mass is 210 g/mol. The van der Waals surface area contributed by atoms with Crippen LogP contribution in [-0.2, 0) is 0 Å². The highest BCUT2D eigenvalue weighted by atomic mass is 15.0. The number of nitrogens with two attached hydrogens (primary N) is 1. The van der Waals surface area contributed by atoms with Crippen molar-refractivity contribution in [1.82, 2.24) is 5.32 Å².